The summed E-state index contributed by atoms with van der Waals surface area (Å²) in [5.41, 5.74) is 1.88. The third-order valence-corrected chi connectivity index (χ3v) is 4.39. The lowest BCUT2D eigenvalue weighted by molar-refractivity contribution is -0.116. The second-order valence-corrected chi connectivity index (χ2v) is 6.77. The van der Waals surface area contributed by atoms with E-state index in [0.717, 1.165) is 35.4 Å². The van der Waals surface area contributed by atoms with Crippen molar-refractivity contribution in [3.63, 3.8) is 0 Å². The quantitative estimate of drug-likeness (QED) is 0.853. The number of rotatable bonds is 5. The van der Waals surface area contributed by atoms with Crippen LogP contribution in [0.25, 0.3) is 0 Å². The van der Waals surface area contributed by atoms with Gasteiger partial charge in [-0.3, -0.25) is 4.79 Å². The van der Waals surface area contributed by atoms with Gasteiger partial charge >= 0.3 is 0 Å². The predicted molar refractivity (Wildman–Crippen MR) is 91.9 cm³/mol. The highest BCUT2D eigenvalue weighted by molar-refractivity contribution is 9.10. The summed E-state index contributed by atoms with van der Waals surface area (Å²) < 4.78 is 0.972. The molecule has 1 amide bonds. The topological polar surface area (TPSA) is 44.4 Å². The molecule has 2 N–H and O–H groups in total. The van der Waals surface area contributed by atoms with Crippen molar-refractivity contribution >= 4 is 33.2 Å². The summed E-state index contributed by atoms with van der Waals surface area (Å²) in [5, 5.41) is 6.44. The molecule has 1 aliphatic rings. The lowest BCUT2D eigenvalue weighted by Gasteiger charge is -2.22. The minimum Gasteiger partial charge on any atom is -0.376 e. The Bertz CT molecular complexity index is 484. The van der Waals surface area contributed by atoms with Crippen LogP contribution in [0, 0.1) is 5.92 Å². The zero-order valence-corrected chi connectivity index (χ0v) is 14.4. The Labute approximate surface area is 135 Å². The highest BCUT2D eigenvalue weighted by Gasteiger charge is 2.15. The molecule has 2 rings (SSSR count). The number of hydrogen-bond acceptors (Lipinski definition) is 3. The van der Waals surface area contributed by atoms with Crippen molar-refractivity contribution < 1.29 is 4.79 Å². The van der Waals surface area contributed by atoms with Gasteiger partial charge in [-0.25, -0.2) is 0 Å². The SMILES string of the molecule is CN(C)c1ccc(Br)cc1NC(=O)CCC1CCCNC1. The first kappa shape index (κ1) is 16.3. The summed E-state index contributed by atoms with van der Waals surface area (Å²) in [6.07, 6.45) is 4.01. The predicted octanol–water partition coefficient (Wildman–Crippen LogP) is 3.23. The minimum absolute atomic E-state index is 0.0989. The number of nitrogens with one attached hydrogen (secondary N) is 2. The highest BCUT2D eigenvalue weighted by atomic mass is 79.9. The monoisotopic (exact) mass is 353 g/mol. The average Bonchev–Trinajstić information content (AvgIpc) is 2.46. The summed E-state index contributed by atoms with van der Waals surface area (Å²) >= 11 is 3.46. The van der Waals surface area contributed by atoms with Gasteiger partial charge in [0.05, 0.1) is 11.4 Å². The van der Waals surface area contributed by atoms with Gasteiger partial charge in [0.25, 0.3) is 0 Å². The number of hydrogen-bond donors (Lipinski definition) is 2. The van der Waals surface area contributed by atoms with Crippen molar-refractivity contribution in [2.24, 2.45) is 5.92 Å². The Morgan fingerprint density at radius 2 is 2.29 bits per heavy atom. The number of carbonyl (C=O) groups excluding carboxylic acids is 1. The fraction of sp³-hybridized carbons (Fsp3) is 0.562. The Kier molecular flexibility index (Phi) is 6.06. The van der Waals surface area contributed by atoms with E-state index in [1.54, 1.807) is 0 Å². The number of carbonyl (C=O) groups is 1. The molecule has 1 aliphatic heterocycles. The summed E-state index contributed by atoms with van der Waals surface area (Å²) in [4.78, 5) is 14.2. The molecule has 1 atom stereocenters. The summed E-state index contributed by atoms with van der Waals surface area (Å²) in [5.74, 6) is 0.738. The van der Waals surface area contributed by atoms with Crippen LogP contribution in [0.15, 0.2) is 22.7 Å². The normalized spacial score (nSPS) is 18.3. The Morgan fingerprint density at radius 3 is 2.95 bits per heavy atom. The number of amides is 1. The number of anilines is 2. The van der Waals surface area contributed by atoms with Gasteiger partial charge in [0.15, 0.2) is 0 Å². The van der Waals surface area contributed by atoms with Gasteiger partial charge in [-0.2, -0.15) is 0 Å². The van der Waals surface area contributed by atoms with E-state index >= 15 is 0 Å². The number of piperidine rings is 1. The molecule has 0 aromatic heterocycles. The molecule has 0 bridgehead atoms. The molecule has 0 aliphatic carbocycles. The lowest BCUT2D eigenvalue weighted by Crippen LogP contribution is -2.30. The molecule has 0 saturated carbocycles. The van der Waals surface area contributed by atoms with Crippen molar-refractivity contribution in [3.8, 4) is 0 Å². The van der Waals surface area contributed by atoms with Crippen LogP contribution >= 0.6 is 15.9 Å². The molecule has 1 aromatic rings. The molecule has 21 heavy (non-hydrogen) atoms. The maximum absolute atomic E-state index is 12.2. The van der Waals surface area contributed by atoms with Crippen LogP contribution < -0.4 is 15.5 Å². The molecule has 1 saturated heterocycles. The van der Waals surface area contributed by atoms with Crippen LogP contribution in [0.5, 0.6) is 0 Å². The first-order chi connectivity index (χ1) is 10.1. The molecular formula is C16H24BrN3O. The van der Waals surface area contributed by atoms with E-state index < -0.39 is 0 Å². The van der Waals surface area contributed by atoms with Gasteiger partial charge in [0.2, 0.25) is 5.91 Å². The number of halogens is 1. The summed E-state index contributed by atoms with van der Waals surface area (Å²) in [6, 6.07) is 5.94. The summed E-state index contributed by atoms with van der Waals surface area (Å²) in [7, 11) is 3.96. The molecule has 5 heteroatoms. The van der Waals surface area contributed by atoms with Crippen molar-refractivity contribution in [2.75, 3.05) is 37.4 Å². The van der Waals surface area contributed by atoms with E-state index in [1.165, 1.54) is 12.8 Å². The lowest BCUT2D eigenvalue weighted by atomic mass is 9.94. The molecular weight excluding hydrogens is 330 g/mol. The maximum atomic E-state index is 12.2. The molecule has 0 spiro atoms. The number of benzene rings is 1. The summed E-state index contributed by atoms with van der Waals surface area (Å²) in [6.45, 7) is 2.17. The second kappa shape index (κ2) is 7.80. The standard InChI is InChI=1S/C16H24BrN3O/c1-20(2)15-7-6-13(17)10-14(15)19-16(21)8-5-12-4-3-9-18-11-12/h6-7,10,12,18H,3-5,8-9,11H2,1-2H3,(H,19,21). The first-order valence-electron chi connectivity index (χ1n) is 7.53. The molecule has 1 aromatic carbocycles. The third-order valence-electron chi connectivity index (χ3n) is 3.89. The van der Waals surface area contributed by atoms with E-state index in [1.807, 2.05) is 37.2 Å². The van der Waals surface area contributed by atoms with Crippen molar-refractivity contribution in [3.05, 3.63) is 22.7 Å². The Balaban J connectivity index is 1.91. The van der Waals surface area contributed by atoms with Crippen LogP contribution in [0.1, 0.15) is 25.7 Å². The third kappa shape index (κ3) is 5.00. The van der Waals surface area contributed by atoms with Gasteiger partial charge in [0, 0.05) is 25.0 Å². The van der Waals surface area contributed by atoms with Crippen molar-refractivity contribution in [1.82, 2.24) is 5.32 Å². The van der Waals surface area contributed by atoms with E-state index in [4.69, 9.17) is 0 Å². The molecule has 0 radical (unpaired) electrons. The van der Waals surface area contributed by atoms with Crippen LogP contribution in [-0.4, -0.2) is 33.1 Å². The van der Waals surface area contributed by atoms with Crippen LogP contribution in [0.2, 0.25) is 0 Å². The van der Waals surface area contributed by atoms with Crippen molar-refractivity contribution in [2.45, 2.75) is 25.7 Å². The van der Waals surface area contributed by atoms with Gasteiger partial charge in [0.1, 0.15) is 0 Å². The molecule has 1 fully saturated rings. The molecule has 4 nitrogen and oxygen atoms in total. The Hall–Kier alpha value is -1.07. The van der Waals surface area contributed by atoms with E-state index in [2.05, 4.69) is 26.6 Å². The Morgan fingerprint density at radius 1 is 1.48 bits per heavy atom. The smallest absolute Gasteiger partial charge is 0.224 e. The zero-order chi connectivity index (χ0) is 15.2. The number of nitrogens with zero attached hydrogens (tertiary/aromatic N) is 1. The van der Waals surface area contributed by atoms with Gasteiger partial charge < -0.3 is 15.5 Å². The van der Waals surface area contributed by atoms with Crippen LogP contribution in [0.3, 0.4) is 0 Å². The zero-order valence-electron chi connectivity index (χ0n) is 12.8. The van der Waals surface area contributed by atoms with Crippen LogP contribution in [0.4, 0.5) is 11.4 Å². The highest BCUT2D eigenvalue weighted by Crippen LogP contribution is 2.28. The van der Waals surface area contributed by atoms with E-state index in [-0.39, 0.29) is 5.91 Å². The average molecular weight is 354 g/mol. The van der Waals surface area contributed by atoms with Gasteiger partial charge in [-0.15, -0.1) is 0 Å². The van der Waals surface area contributed by atoms with E-state index in [9.17, 15) is 4.79 Å². The molecule has 1 heterocycles. The van der Waals surface area contributed by atoms with Gasteiger partial charge in [-0.1, -0.05) is 15.9 Å². The largest absolute Gasteiger partial charge is 0.376 e. The van der Waals surface area contributed by atoms with E-state index in [0.29, 0.717) is 12.3 Å². The minimum atomic E-state index is 0.0989. The fourth-order valence-electron chi connectivity index (χ4n) is 2.72. The molecule has 116 valence electrons. The first-order valence-corrected chi connectivity index (χ1v) is 8.33. The van der Waals surface area contributed by atoms with Gasteiger partial charge in [-0.05, 0) is 56.5 Å². The maximum Gasteiger partial charge on any atom is 0.224 e. The second-order valence-electron chi connectivity index (χ2n) is 5.86. The van der Waals surface area contributed by atoms with Crippen molar-refractivity contribution in [1.29, 1.82) is 0 Å². The molecule has 1 unspecified atom stereocenters. The van der Waals surface area contributed by atoms with Crippen LogP contribution in [-0.2, 0) is 4.79 Å². The fourth-order valence-corrected chi connectivity index (χ4v) is 3.08.